The first-order valence-electron chi connectivity index (χ1n) is 7.68. The quantitative estimate of drug-likeness (QED) is 0.805. The maximum atomic E-state index is 12.6. The molecular weight excluding hydrogens is 318 g/mol. The highest BCUT2D eigenvalue weighted by molar-refractivity contribution is 6.31. The fourth-order valence-electron chi connectivity index (χ4n) is 2.82. The van der Waals surface area contributed by atoms with Gasteiger partial charge in [0.25, 0.3) is 17.4 Å². The second kappa shape index (κ2) is 6.02. The van der Waals surface area contributed by atoms with E-state index in [2.05, 4.69) is 22.6 Å². The number of halogens is 1. The van der Waals surface area contributed by atoms with Crippen LogP contribution < -0.4 is 15.4 Å². The standard InChI is InChI=1S/C16H20ClN3O3/c1-16(14(21)18-11-5-7-20(2)8-6-11)15(22)19-12-9-10(17)3-4-13(12)23-16/h3-4,9,11H,5-8H2,1-2H3,(H,18,21)(H,19,22). The van der Waals surface area contributed by atoms with Crippen molar-refractivity contribution in [3.05, 3.63) is 23.2 Å². The number of benzene rings is 1. The average Bonchev–Trinajstić information content (AvgIpc) is 2.51. The van der Waals surface area contributed by atoms with Crippen LogP contribution in [0.5, 0.6) is 5.75 Å². The number of ether oxygens (including phenoxy) is 1. The van der Waals surface area contributed by atoms with Gasteiger partial charge in [-0.2, -0.15) is 0 Å². The van der Waals surface area contributed by atoms with Crippen molar-refractivity contribution in [1.82, 2.24) is 10.2 Å². The molecule has 1 aromatic rings. The zero-order valence-corrected chi connectivity index (χ0v) is 13.9. The van der Waals surface area contributed by atoms with Gasteiger partial charge in [-0.15, -0.1) is 0 Å². The van der Waals surface area contributed by atoms with Gasteiger partial charge >= 0.3 is 0 Å². The molecule has 2 N–H and O–H groups in total. The predicted molar refractivity (Wildman–Crippen MR) is 87.8 cm³/mol. The van der Waals surface area contributed by atoms with Crippen LogP contribution in [0.15, 0.2) is 18.2 Å². The minimum absolute atomic E-state index is 0.0681. The molecule has 3 rings (SSSR count). The number of rotatable bonds is 2. The summed E-state index contributed by atoms with van der Waals surface area (Å²) >= 11 is 5.91. The average molecular weight is 338 g/mol. The van der Waals surface area contributed by atoms with Gasteiger partial charge in [0.05, 0.1) is 5.69 Å². The van der Waals surface area contributed by atoms with Crippen LogP contribution in [0.3, 0.4) is 0 Å². The first kappa shape index (κ1) is 16.1. The predicted octanol–water partition coefficient (Wildman–Crippen LogP) is 1.64. The Kier molecular flexibility index (Phi) is 4.21. The summed E-state index contributed by atoms with van der Waals surface area (Å²) in [6.07, 6.45) is 1.73. The van der Waals surface area contributed by atoms with E-state index in [0.717, 1.165) is 25.9 Å². The summed E-state index contributed by atoms with van der Waals surface area (Å²) < 4.78 is 5.72. The number of piperidine rings is 1. The number of amides is 2. The van der Waals surface area contributed by atoms with Crippen molar-refractivity contribution in [2.45, 2.75) is 31.4 Å². The minimum atomic E-state index is -1.58. The smallest absolute Gasteiger partial charge is 0.278 e. The van der Waals surface area contributed by atoms with E-state index in [0.29, 0.717) is 16.5 Å². The highest BCUT2D eigenvalue weighted by Crippen LogP contribution is 2.35. The number of hydrogen-bond donors (Lipinski definition) is 2. The number of nitrogens with zero attached hydrogens (tertiary/aromatic N) is 1. The molecule has 7 heteroatoms. The Morgan fingerprint density at radius 1 is 1.43 bits per heavy atom. The molecule has 2 aliphatic heterocycles. The second-order valence-electron chi connectivity index (χ2n) is 6.28. The van der Waals surface area contributed by atoms with Gasteiger partial charge in [-0.25, -0.2) is 0 Å². The highest BCUT2D eigenvalue weighted by atomic mass is 35.5. The number of carbonyl (C=O) groups is 2. The van der Waals surface area contributed by atoms with E-state index in [1.165, 1.54) is 6.92 Å². The van der Waals surface area contributed by atoms with Crippen molar-refractivity contribution >= 4 is 29.1 Å². The SMILES string of the molecule is CN1CCC(NC(=O)C2(C)Oc3ccc(Cl)cc3NC2=O)CC1. The fraction of sp³-hybridized carbons (Fsp3) is 0.500. The molecule has 0 spiro atoms. The number of anilines is 1. The van der Waals surface area contributed by atoms with Crippen LogP contribution in [0.25, 0.3) is 0 Å². The molecule has 124 valence electrons. The number of likely N-dealkylation sites (tertiary alicyclic amines) is 1. The van der Waals surface area contributed by atoms with Crippen molar-refractivity contribution < 1.29 is 14.3 Å². The third-order valence-corrected chi connectivity index (χ3v) is 4.66. The van der Waals surface area contributed by atoms with Crippen LogP contribution in [0.1, 0.15) is 19.8 Å². The van der Waals surface area contributed by atoms with Crippen LogP contribution in [0, 0.1) is 0 Å². The molecule has 1 fully saturated rings. The van der Waals surface area contributed by atoms with E-state index in [1.54, 1.807) is 18.2 Å². The molecule has 23 heavy (non-hydrogen) atoms. The molecule has 1 unspecified atom stereocenters. The zero-order chi connectivity index (χ0) is 16.6. The molecule has 6 nitrogen and oxygen atoms in total. The molecule has 0 aliphatic carbocycles. The Hall–Kier alpha value is -1.79. The lowest BCUT2D eigenvalue weighted by Gasteiger charge is -2.36. The lowest BCUT2D eigenvalue weighted by atomic mass is 9.99. The van der Waals surface area contributed by atoms with E-state index in [-0.39, 0.29) is 6.04 Å². The van der Waals surface area contributed by atoms with Crippen molar-refractivity contribution in [2.75, 3.05) is 25.5 Å². The van der Waals surface area contributed by atoms with Crippen LogP contribution >= 0.6 is 11.6 Å². The minimum Gasteiger partial charge on any atom is -0.466 e. The molecule has 0 bridgehead atoms. The Morgan fingerprint density at radius 3 is 2.83 bits per heavy atom. The summed E-state index contributed by atoms with van der Waals surface area (Å²) in [6, 6.07) is 4.98. The van der Waals surface area contributed by atoms with Crippen molar-refractivity contribution in [3.63, 3.8) is 0 Å². The van der Waals surface area contributed by atoms with Gasteiger partial charge in [-0.05, 0) is 58.1 Å². The van der Waals surface area contributed by atoms with Crippen LogP contribution in [-0.4, -0.2) is 48.5 Å². The summed E-state index contributed by atoms with van der Waals surface area (Å²) in [6.45, 7) is 3.34. The third-order valence-electron chi connectivity index (χ3n) is 4.42. The molecule has 2 amide bonds. The van der Waals surface area contributed by atoms with Crippen LogP contribution in [0.4, 0.5) is 5.69 Å². The molecule has 0 radical (unpaired) electrons. The van der Waals surface area contributed by atoms with Crippen molar-refractivity contribution in [3.8, 4) is 5.75 Å². The summed E-state index contributed by atoms with van der Waals surface area (Å²) in [5.74, 6) is -0.460. The van der Waals surface area contributed by atoms with Crippen LogP contribution in [-0.2, 0) is 9.59 Å². The van der Waals surface area contributed by atoms with Crippen molar-refractivity contribution in [2.24, 2.45) is 0 Å². The molecule has 0 aromatic heterocycles. The maximum absolute atomic E-state index is 12.6. The second-order valence-corrected chi connectivity index (χ2v) is 6.72. The summed E-state index contributed by atoms with van der Waals surface area (Å²) in [5, 5.41) is 6.14. The van der Waals surface area contributed by atoms with Gasteiger partial charge < -0.3 is 20.3 Å². The number of nitrogens with one attached hydrogen (secondary N) is 2. The monoisotopic (exact) mass is 337 g/mol. The van der Waals surface area contributed by atoms with Gasteiger partial charge in [0.1, 0.15) is 5.75 Å². The van der Waals surface area contributed by atoms with Gasteiger partial charge in [-0.3, -0.25) is 9.59 Å². The zero-order valence-electron chi connectivity index (χ0n) is 13.2. The first-order chi connectivity index (χ1) is 10.9. The molecular formula is C16H20ClN3O3. The van der Waals surface area contributed by atoms with E-state index in [1.807, 2.05) is 0 Å². The largest absolute Gasteiger partial charge is 0.466 e. The van der Waals surface area contributed by atoms with E-state index in [4.69, 9.17) is 16.3 Å². The Balaban J connectivity index is 1.74. The maximum Gasteiger partial charge on any atom is 0.278 e. The summed E-state index contributed by atoms with van der Waals surface area (Å²) in [4.78, 5) is 27.2. The Bertz CT molecular complexity index is 643. The molecule has 1 saturated heterocycles. The Labute approximate surface area is 140 Å². The lowest BCUT2D eigenvalue weighted by molar-refractivity contribution is -0.147. The molecule has 1 atom stereocenters. The van der Waals surface area contributed by atoms with E-state index in [9.17, 15) is 9.59 Å². The third kappa shape index (κ3) is 3.14. The first-order valence-corrected chi connectivity index (χ1v) is 8.06. The summed E-state index contributed by atoms with van der Waals surface area (Å²) in [7, 11) is 2.05. The lowest BCUT2D eigenvalue weighted by Crippen LogP contribution is -2.61. The van der Waals surface area contributed by atoms with E-state index >= 15 is 0 Å². The number of carbonyl (C=O) groups excluding carboxylic acids is 2. The summed E-state index contributed by atoms with van der Waals surface area (Å²) in [5.41, 5.74) is -1.10. The normalized spacial score (nSPS) is 25.3. The molecule has 1 aromatic carbocycles. The molecule has 2 aliphatic rings. The Morgan fingerprint density at radius 2 is 2.13 bits per heavy atom. The van der Waals surface area contributed by atoms with Gasteiger partial charge in [0.15, 0.2) is 0 Å². The van der Waals surface area contributed by atoms with Gasteiger partial charge in [0.2, 0.25) is 0 Å². The van der Waals surface area contributed by atoms with E-state index < -0.39 is 17.4 Å². The number of fused-ring (bicyclic) bond motifs is 1. The molecule has 2 heterocycles. The van der Waals surface area contributed by atoms with Gasteiger partial charge in [0, 0.05) is 11.1 Å². The topological polar surface area (TPSA) is 70.7 Å². The molecule has 0 saturated carbocycles. The number of hydrogen-bond acceptors (Lipinski definition) is 4. The van der Waals surface area contributed by atoms with Gasteiger partial charge in [-0.1, -0.05) is 11.6 Å². The fourth-order valence-corrected chi connectivity index (χ4v) is 2.99. The van der Waals surface area contributed by atoms with Crippen molar-refractivity contribution in [1.29, 1.82) is 0 Å². The highest BCUT2D eigenvalue weighted by Gasteiger charge is 2.47. The van der Waals surface area contributed by atoms with Crippen LogP contribution in [0.2, 0.25) is 5.02 Å².